The first kappa shape index (κ1) is 27.9. The fourth-order valence-corrected chi connectivity index (χ4v) is 5.23. The first-order valence-corrected chi connectivity index (χ1v) is 13.7. The van der Waals surface area contributed by atoms with Gasteiger partial charge in [-0.3, -0.25) is 9.69 Å². The number of hydrogen-bond donors (Lipinski definition) is 2. The van der Waals surface area contributed by atoms with Gasteiger partial charge in [-0.15, -0.1) is 0 Å². The summed E-state index contributed by atoms with van der Waals surface area (Å²) >= 11 is 6.16. The largest absolute Gasteiger partial charge is 0.506 e. The van der Waals surface area contributed by atoms with Crippen molar-refractivity contribution in [2.24, 2.45) is 0 Å². The molecule has 1 saturated heterocycles. The van der Waals surface area contributed by atoms with Crippen molar-refractivity contribution in [2.45, 2.75) is 37.3 Å². The number of ether oxygens (including phenoxy) is 2. The standard InChI is InChI=1S/C33H32ClNO5/c34-30-17-26(11-16-31(30)37)32-20-35(19-24-7-3-1-4-8-24)28(22-40-32)18-33(38,23-36)27-12-14-29(15-13-27)39-21-25-9-5-2-6-10-25/h1-17,23,28,32,37-38H,18-22H2. The molecule has 4 aromatic rings. The van der Waals surface area contributed by atoms with Crippen LogP contribution in [0, 0.1) is 0 Å². The topological polar surface area (TPSA) is 79.2 Å². The summed E-state index contributed by atoms with van der Waals surface area (Å²) < 4.78 is 12.1. The minimum absolute atomic E-state index is 0.0211. The van der Waals surface area contributed by atoms with Crippen LogP contribution < -0.4 is 4.74 Å². The van der Waals surface area contributed by atoms with E-state index in [1.165, 1.54) is 0 Å². The van der Waals surface area contributed by atoms with Crippen molar-refractivity contribution in [3.8, 4) is 11.5 Å². The third kappa shape index (κ3) is 6.72. The molecule has 40 heavy (non-hydrogen) atoms. The molecule has 4 aromatic carbocycles. The molecular formula is C33H32ClNO5. The third-order valence-corrected chi connectivity index (χ3v) is 7.63. The van der Waals surface area contributed by atoms with Crippen molar-refractivity contribution in [3.05, 3.63) is 130 Å². The van der Waals surface area contributed by atoms with E-state index in [0.717, 1.165) is 16.7 Å². The van der Waals surface area contributed by atoms with E-state index in [9.17, 15) is 15.0 Å². The van der Waals surface area contributed by atoms with Crippen LogP contribution in [0.25, 0.3) is 0 Å². The number of carbonyl (C=O) groups excluding carboxylic acids is 1. The van der Waals surface area contributed by atoms with Crippen LogP contribution in [0.2, 0.25) is 5.02 Å². The predicted octanol–water partition coefficient (Wildman–Crippen LogP) is 6.04. The van der Waals surface area contributed by atoms with E-state index in [1.54, 1.807) is 42.5 Å². The Morgan fingerprint density at radius 1 is 0.950 bits per heavy atom. The molecule has 0 aromatic heterocycles. The fraction of sp³-hybridized carbons (Fsp3) is 0.242. The molecule has 2 N–H and O–H groups in total. The Morgan fingerprint density at radius 3 is 2.27 bits per heavy atom. The number of aliphatic hydroxyl groups is 1. The molecule has 0 bridgehead atoms. The Balaban J connectivity index is 1.32. The van der Waals surface area contributed by atoms with E-state index in [2.05, 4.69) is 17.0 Å². The lowest BCUT2D eigenvalue weighted by Crippen LogP contribution is -2.49. The van der Waals surface area contributed by atoms with Crippen molar-refractivity contribution < 1.29 is 24.5 Å². The highest BCUT2D eigenvalue weighted by molar-refractivity contribution is 6.32. The van der Waals surface area contributed by atoms with E-state index < -0.39 is 5.60 Å². The summed E-state index contributed by atoms with van der Waals surface area (Å²) in [5.41, 5.74) is 1.83. The number of aromatic hydroxyl groups is 1. The first-order chi connectivity index (χ1) is 19.4. The van der Waals surface area contributed by atoms with Crippen LogP contribution in [-0.2, 0) is 28.3 Å². The molecule has 1 fully saturated rings. The smallest absolute Gasteiger partial charge is 0.156 e. The van der Waals surface area contributed by atoms with E-state index in [-0.39, 0.29) is 29.3 Å². The van der Waals surface area contributed by atoms with Gasteiger partial charge in [-0.05, 0) is 46.5 Å². The fourth-order valence-electron chi connectivity index (χ4n) is 5.05. The van der Waals surface area contributed by atoms with E-state index in [0.29, 0.717) is 43.9 Å². The molecule has 5 rings (SSSR count). The third-order valence-electron chi connectivity index (χ3n) is 7.32. The Hall–Kier alpha value is -3.68. The van der Waals surface area contributed by atoms with Crippen LogP contribution in [0.1, 0.15) is 34.8 Å². The minimum Gasteiger partial charge on any atom is -0.506 e. The minimum atomic E-state index is -1.70. The quantitative estimate of drug-likeness (QED) is 0.231. The molecule has 0 radical (unpaired) electrons. The maximum Gasteiger partial charge on any atom is 0.156 e. The van der Waals surface area contributed by atoms with Crippen molar-refractivity contribution >= 4 is 17.9 Å². The first-order valence-electron chi connectivity index (χ1n) is 13.3. The Morgan fingerprint density at radius 2 is 1.62 bits per heavy atom. The lowest BCUT2D eigenvalue weighted by atomic mass is 9.87. The average molecular weight is 558 g/mol. The molecule has 6 nitrogen and oxygen atoms in total. The van der Waals surface area contributed by atoms with Crippen LogP contribution >= 0.6 is 11.6 Å². The van der Waals surface area contributed by atoms with Gasteiger partial charge in [-0.2, -0.15) is 0 Å². The van der Waals surface area contributed by atoms with Gasteiger partial charge in [0.2, 0.25) is 0 Å². The van der Waals surface area contributed by atoms with Crippen LogP contribution in [0.15, 0.2) is 103 Å². The van der Waals surface area contributed by atoms with Gasteiger partial charge in [0.1, 0.15) is 23.7 Å². The summed E-state index contributed by atoms with van der Waals surface area (Å²) in [7, 11) is 0. The lowest BCUT2D eigenvalue weighted by molar-refractivity contribution is -0.133. The Labute approximate surface area is 239 Å². The highest BCUT2D eigenvalue weighted by Gasteiger charge is 2.38. The van der Waals surface area contributed by atoms with Crippen molar-refractivity contribution in [3.63, 3.8) is 0 Å². The van der Waals surface area contributed by atoms with Gasteiger partial charge in [0, 0.05) is 25.6 Å². The van der Waals surface area contributed by atoms with Crippen LogP contribution in [0.3, 0.4) is 0 Å². The molecule has 0 saturated carbocycles. The normalized spacial score (nSPS) is 19.1. The molecule has 0 amide bonds. The summed E-state index contributed by atoms with van der Waals surface area (Å²) in [5.74, 6) is 0.677. The predicted molar refractivity (Wildman–Crippen MR) is 154 cm³/mol. The number of aldehydes is 1. The monoisotopic (exact) mass is 557 g/mol. The summed E-state index contributed by atoms with van der Waals surface area (Å²) in [6.07, 6.45) is 0.499. The number of rotatable bonds is 10. The van der Waals surface area contributed by atoms with Gasteiger partial charge < -0.3 is 19.7 Å². The SMILES string of the molecule is O=CC(O)(CC1COC(c2ccc(O)c(Cl)c2)CN1Cc1ccccc1)c1ccc(OCc2ccccc2)cc1. The number of phenols is 1. The molecule has 3 atom stereocenters. The highest BCUT2D eigenvalue weighted by atomic mass is 35.5. The molecule has 206 valence electrons. The van der Waals surface area contributed by atoms with Crippen molar-refractivity contribution in [2.75, 3.05) is 13.2 Å². The summed E-state index contributed by atoms with van der Waals surface area (Å²) in [6.45, 7) is 1.89. The lowest BCUT2D eigenvalue weighted by Gasteiger charge is -2.42. The molecule has 0 aliphatic carbocycles. The number of hydrogen-bond acceptors (Lipinski definition) is 6. The second-order valence-corrected chi connectivity index (χ2v) is 10.6. The highest BCUT2D eigenvalue weighted by Crippen LogP contribution is 2.35. The van der Waals surface area contributed by atoms with Gasteiger partial charge in [0.15, 0.2) is 6.29 Å². The zero-order valence-electron chi connectivity index (χ0n) is 22.0. The number of phenolic OH excluding ortho intramolecular Hbond substituents is 1. The number of carbonyl (C=O) groups is 1. The Kier molecular flexibility index (Phi) is 8.82. The second kappa shape index (κ2) is 12.7. The number of halogens is 1. The zero-order chi connectivity index (χ0) is 28.0. The summed E-state index contributed by atoms with van der Waals surface area (Å²) in [6, 6.07) is 31.8. The Bertz CT molecular complexity index is 1400. The van der Waals surface area contributed by atoms with Crippen LogP contribution in [-0.4, -0.2) is 40.6 Å². The van der Waals surface area contributed by atoms with E-state index in [4.69, 9.17) is 21.1 Å². The number of benzene rings is 4. The number of nitrogens with zero attached hydrogens (tertiary/aromatic N) is 1. The van der Waals surface area contributed by atoms with Gasteiger partial charge in [0.05, 0.1) is 17.7 Å². The maximum atomic E-state index is 12.3. The van der Waals surface area contributed by atoms with Crippen LogP contribution in [0.4, 0.5) is 0 Å². The summed E-state index contributed by atoms with van der Waals surface area (Å²) in [4.78, 5) is 14.6. The number of morpholine rings is 1. The van der Waals surface area contributed by atoms with Gasteiger partial charge in [-0.25, -0.2) is 0 Å². The molecule has 0 spiro atoms. The molecule has 1 heterocycles. The van der Waals surface area contributed by atoms with Crippen LogP contribution in [0.5, 0.6) is 11.5 Å². The van der Waals surface area contributed by atoms with Crippen molar-refractivity contribution in [1.82, 2.24) is 4.90 Å². The maximum absolute atomic E-state index is 12.3. The average Bonchev–Trinajstić information content (AvgIpc) is 2.99. The molecule has 3 unspecified atom stereocenters. The van der Waals surface area contributed by atoms with E-state index >= 15 is 0 Å². The van der Waals surface area contributed by atoms with Gasteiger partial charge >= 0.3 is 0 Å². The van der Waals surface area contributed by atoms with E-state index in [1.807, 2.05) is 48.5 Å². The zero-order valence-corrected chi connectivity index (χ0v) is 22.8. The molecule has 7 heteroatoms. The molecular weight excluding hydrogens is 526 g/mol. The van der Waals surface area contributed by atoms with Gasteiger partial charge in [0.25, 0.3) is 0 Å². The van der Waals surface area contributed by atoms with Crippen molar-refractivity contribution in [1.29, 1.82) is 0 Å². The molecule has 1 aliphatic heterocycles. The second-order valence-electron chi connectivity index (χ2n) is 10.1. The van der Waals surface area contributed by atoms with Gasteiger partial charge in [-0.1, -0.05) is 90.5 Å². The summed E-state index contributed by atoms with van der Waals surface area (Å²) in [5, 5.41) is 21.6. The molecule has 1 aliphatic rings.